The van der Waals surface area contributed by atoms with Gasteiger partial charge in [0.05, 0.1) is 50.5 Å². The van der Waals surface area contributed by atoms with Crippen LogP contribution >= 0.6 is 0 Å². The summed E-state index contributed by atoms with van der Waals surface area (Å²) in [6.45, 7) is 10.9. The number of anilines is 4. The number of carbonyl (C=O) groups is 2. The molecule has 3 unspecified atom stereocenters. The van der Waals surface area contributed by atoms with Crippen LogP contribution in [0.25, 0.3) is 44.7 Å². The van der Waals surface area contributed by atoms with E-state index in [0.29, 0.717) is 74.0 Å². The van der Waals surface area contributed by atoms with E-state index in [0.717, 1.165) is 7.11 Å². The van der Waals surface area contributed by atoms with Gasteiger partial charge in [-0.1, -0.05) is 24.3 Å². The van der Waals surface area contributed by atoms with Crippen LogP contribution < -0.4 is 28.7 Å². The van der Waals surface area contributed by atoms with Gasteiger partial charge in [-0.25, -0.2) is 59.8 Å². The van der Waals surface area contributed by atoms with Crippen LogP contribution in [0.4, 0.5) is 23.3 Å². The van der Waals surface area contributed by atoms with Crippen LogP contribution in [0.1, 0.15) is 93.6 Å². The molecule has 0 spiro atoms. The average molecular weight is 1350 g/mol. The van der Waals surface area contributed by atoms with E-state index in [4.69, 9.17) is 86.3 Å². The second kappa shape index (κ2) is 26.0. The molecule has 0 bridgehead atoms. The molecular formula is C59H73N21O17. The van der Waals surface area contributed by atoms with Crippen LogP contribution in [-0.2, 0) is 47.4 Å². The first-order chi connectivity index (χ1) is 46.5. The Morgan fingerprint density at radius 1 is 0.423 bits per heavy atom. The number of aromatic nitrogens is 16. The Labute approximate surface area is 549 Å². The van der Waals surface area contributed by atoms with Crippen LogP contribution in [0.15, 0.2) is 74.9 Å². The number of ether oxygens (including phenoxy) is 10. The Balaban J connectivity index is 0.000000118. The summed E-state index contributed by atoms with van der Waals surface area (Å²) in [7, 11) is 1.00. The number of hydrogen-bond acceptors (Lipinski definition) is 34. The monoisotopic (exact) mass is 1350 g/mol. The number of nitrogen functional groups attached to an aromatic ring is 4. The van der Waals surface area contributed by atoms with Crippen LogP contribution in [0, 0.1) is 5.92 Å². The molecule has 7 saturated heterocycles. The highest BCUT2D eigenvalue weighted by atomic mass is 16.8. The van der Waals surface area contributed by atoms with Gasteiger partial charge in [0.2, 0.25) is 0 Å². The lowest BCUT2D eigenvalue weighted by molar-refractivity contribution is -0.199. The number of imidazole rings is 4. The van der Waals surface area contributed by atoms with Gasteiger partial charge >= 0.3 is 0 Å². The van der Waals surface area contributed by atoms with Crippen LogP contribution in [0.5, 0.6) is 0 Å². The van der Waals surface area contributed by atoms with Crippen molar-refractivity contribution in [1.29, 1.82) is 0 Å². The van der Waals surface area contributed by atoms with Gasteiger partial charge in [0.1, 0.15) is 115 Å². The van der Waals surface area contributed by atoms with E-state index in [-0.39, 0.29) is 66.7 Å². The Morgan fingerprint density at radius 3 is 1.08 bits per heavy atom. The first kappa shape index (κ1) is 66.9. The number of hydrogen-bond donors (Lipinski definition) is 10. The molecule has 0 radical (unpaired) electrons. The maximum absolute atomic E-state index is 12.9. The third-order valence-corrected chi connectivity index (χ3v) is 17.5. The minimum Gasteiger partial charge on any atom is -0.400 e. The van der Waals surface area contributed by atoms with E-state index < -0.39 is 97.5 Å². The minimum absolute atomic E-state index is 0.152. The number of nitrogens with two attached hydrogens (primary N) is 5. The Bertz CT molecular complexity index is 4220. The molecule has 7 aliphatic heterocycles. The highest BCUT2D eigenvalue weighted by Crippen LogP contribution is 2.48. The SMILES string of the molecule is CC1(C)OC2[C@H](n3cnc4c(N)ncnc43)O[C@H](CC3C(=O)c4ccccc4C3=O)[C@H]2O1.CC1(C)OC2[C@H](n3cnc4c(N)ncnc43)O[C@H](CN)[C@H]2O1.CC1(C)OC2[C@H](n3cnc4c(N)ncnc43)O[C@H](CO)[C@H]2O1.CO.Nc1ncnc2c1ncn2[C@@H]1O[C@H](CO)[C@@H](O)[C@H]1O. The van der Waals surface area contributed by atoms with Crippen molar-refractivity contribution in [1.82, 2.24) is 78.1 Å². The molecule has 0 amide bonds. The Kier molecular flexibility index (Phi) is 17.9. The van der Waals surface area contributed by atoms with Gasteiger partial charge in [-0.2, -0.15) is 0 Å². The summed E-state index contributed by atoms with van der Waals surface area (Å²) in [5, 5.41) is 45.3. The predicted octanol–water partition coefficient (Wildman–Crippen LogP) is -0.857. The van der Waals surface area contributed by atoms with Crippen LogP contribution in [0.3, 0.4) is 0 Å². The highest BCUT2D eigenvalue weighted by Gasteiger charge is 2.60. The number of Topliss-reactive ketones (excluding diaryl/α,β-unsaturated/α-hetero) is 2. The van der Waals surface area contributed by atoms with Crippen molar-refractivity contribution in [3.8, 4) is 0 Å². The third kappa shape index (κ3) is 12.0. The second-order valence-corrected chi connectivity index (χ2v) is 24.9. The van der Waals surface area contributed by atoms with Gasteiger partial charge in [0, 0.05) is 24.8 Å². The maximum Gasteiger partial charge on any atom is 0.174 e. The number of nitrogens with zero attached hydrogens (tertiary/aromatic N) is 16. The van der Waals surface area contributed by atoms with Gasteiger partial charge < -0.3 is 102 Å². The van der Waals surface area contributed by atoms with Gasteiger partial charge in [-0.3, -0.25) is 27.9 Å². The summed E-state index contributed by atoms with van der Waals surface area (Å²) < 4.78 is 66.4. The topological polar surface area (TPSA) is 532 Å². The largest absolute Gasteiger partial charge is 0.400 e. The summed E-state index contributed by atoms with van der Waals surface area (Å²) in [6.07, 6.45) is 2.81. The second-order valence-electron chi connectivity index (χ2n) is 24.9. The van der Waals surface area contributed by atoms with Crippen molar-refractivity contribution in [2.75, 3.05) is 49.8 Å². The van der Waals surface area contributed by atoms with Crippen molar-refractivity contribution < 1.29 is 82.5 Å². The molecule has 16 atom stereocenters. The van der Waals surface area contributed by atoms with E-state index in [1.54, 1.807) is 56.9 Å². The number of fused-ring (bicyclic) bond motifs is 8. The molecule has 15 N–H and O–H groups in total. The molecule has 8 aromatic heterocycles. The molecule has 17 rings (SSSR count). The summed E-state index contributed by atoms with van der Waals surface area (Å²) >= 11 is 0. The minimum atomic E-state index is -1.19. The zero-order valence-electron chi connectivity index (χ0n) is 53.2. The number of carbonyl (C=O) groups excluding carboxylic acids is 2. The smallest absolute Gasteiger partial charge is 0.174 e. The Morgan fingerprint density at radius 2 is 0.732 bits per heavy atom. The van der Waals surface area contributed by atoms with Crippen molar-refractivity contribution in [3.05, 3.63) is 86.0 Å². The van der Waals surface area contributed by atoms with Crippen LogP contribution in [-0.4, -0.2) is 233 Å². The number of rotatable bonds is 9. The zero-order chi connectivity index (χ0) is 68.7. The lowest BCUT2D eigenvalue weighted by atomic mass is 9.93. The molecule has 8 aliphatic rings. The molecule has 9 aromatic rings. The molecule has 15 heterocycles. The third-order valence-electron chi connectivity index (χ3n) is 17.5. The molecule has 516 valence electrons. The van der Waals surface area contributed by atoms with Gasteiger partial charge in [-0.15, -0.1) is 0 Å². The molecular weight excluding hydrogens is 1270 g/mol. The fraction of sp³-hybridized carbons (Fsp3) is 0.525. The highest BCUT2D eigenvalue weighted by molar-refractivity contribution is 6.26. The standard InChI is InChI=1S/C22H21N5O5.C13H18N6O3.C13H17N5O4.C10H13N5O4.CH4O/c1-22(2)31-17-13(7-12-15(28)10-5-3-4-6-11(10)16(12)29)30-21(18(17)32-22)27-9-26-14-19(23)24-8-25-20(14)27;1-13(2)21-8-6(3-14)20-12(9(8)22-13)19-5-18-7-10(15)16-4-17-11(7)19;1-13(2)21-8-6(3-19)20-12(9(8)22-13)18-5-17-7-10(14)15-4-16-11(7)18;11-8-5-9(13-2-12-8)15(3-14-5)10-7(18)6(17)4(1-16)19-10;1-2/h3-6,8-9,12-13,17-18,21H,7H2,1-2H3,(H2,23,24,25);4-6,8-9,12H,3,14H2,1-2H3,(H2,15,16,17);4-6,8-9,12,19H,3H2,1-2H3,(H2,14,15,16);2-4,6-7,10,16-18H,1H2,(H2,11,12,13);2H,1H3/t13-,17-,18?,21-;2*6-,8-,9?,12-;4-,6-,7-,10-;/m1111./s1. The van der Waals surface area contributed by atoms with Gasteiger partial charge in [0.15, 0.2) is 99.7 Å². The molecule has 1 aliphatic carbocycles. The normalized spacial score (nSPS) is 30.9. The maximum atomic E-state index is 12.9. The predicted molar refractivity (Wildman–Crippen MR) is 333 cm³/mol. The average Bonchev–Trinajstić information content (AvgIpc) is 1.60. The number of benzene rings is 1. The number of aliphatic hydroxyl groups is 5. The molecule has 97 heavy (non-hydrogen) atoms. The van der Waals surface area contributed by atoms with Gasteiger partial charge in [-0.05, 0) is 48.0 Å². The molecule has 7 fully saturated rings. The van der Waals surface area contributed by atoms with E-state index in [1.165, 1.54) is 36.2 Å². The van der Waals surface area contributed by atoms with E-state index in [9.17, 15) is 24.9 Å². The number of aliphatic hydroxyl groups excluding tert-OH is 5. The lowest BCUT2D eigenvalue weighted by Gasteiger charge is -2.25. The zero-order valence-corrected chi connectivity index (χ0v) is 53.2. The van der Waals surface area contributed by atoms with E-state index >= 15 is 0 Å². The Hall–Kier alpha value is -8.68. The summed E-state index contributed by atoms with van der Waals surface area (Å²) in [5.41, 5.74) is 33.9. The van der Waals surface area contributed by atoms with Crippen molar-refractivity contribution >= 4 is 79.5 Å². The van der Waals surface area contributed by atoms with Crippen molar-refractivity contribution in [3.63, 3.8) is 0 Å². The fourth-order valence-electron chi connectivity index (χ4n) is 13.4. The fourth-order valence-corrected chi connectivity index (χ4v) is 13.4. The quantitative estimate of drug-likeness (QED) is 0.0786. The molecule has 38 nitrogen and oxygen atoms in total. The summed E-state index contributed by atoms with van der Waals surface area (Å²) in [6, 6.07) is 6.91. The summed E-state index contributed by atoms with van der Waals surface area (Å²) in [5.74, 6) is -2.28. The van der Waals surface area contributed by atoms with E-state index in [2.05, 4.69) is 59.8 Å². The van der Waals surface area contributed by atoms with Crippen LogP contribution in [0.2, 0.25) is 0 Å². The van der Waals surface area contributed by atoms with Crippen molar-refractivity contribution in [2.24, 2.45) is 11.7 Å². The van der Waals surface area contributed by atoms with Crippen molar-refractivity contribution in [2.45, 2.75) is 163 Å². The lowest BCUT2D eigenvalue weighted by Crippen LogP contribution is -2.34. The van der Waals surface area contributed by atoms with Gasteiger partial charge in [0.25, 0.3) is 0 Å². The molecule has 0 saturated carbocycles. The summed E-state index contributed by atoms with van der Waals surface area (Å²) in [4.78, 5) is 75.2. The first-order valence-corrected chi connectivity index (χ1v) is 30.8. The van der Waals surface area contributed by atoms with E-state index in [1.807, 2.05) is 41.5 Å². The molecule has 1 aromatic carbocycles. The number of ketones is 2. The first-order valence-electron chi connectivity index (χ1n) is 30.8. The molecule has 38 heteroatoms.